The van der Waals surface area contributed by atoms with Gasteiger partial charge in [-0.1, -0.05) is 29.8 Å². The SMILES string of the molecule is Cc1cccc(C2NC(C(=O)O)CCS2)c1. The first kappa shape index (κ1) is 11.5. The summed E-state index contributed by atoms with van der Waals surface area (Å²) in [6.45, 7) is 2.05. The van der Waals surface area contributed by atoms with Gasteiger partial charge < -0.3 is 5.11 Å². The number of aryl methyl sites for hydroxylation is 1. The third kappa shape index (κ3) is 2.57. The second-order valence-electron chi connectivity index (χ2n) is 4.01. The number of rotatable bonds is 2. The largest absolute Gasteiger partial charge is 0.480 e. The van der Waals surface area contributed by atoms with Crippen LogP contribution in [-0.4, -0.2) is 22.9 Å². The number of thioether (sulfide) groups is 1. The summed E-state index contributed by atoms with van der Waals surface area (Å²) in [7, 11) is 0. The summed E-state index contributed by atoms with van der Waals surface area (Å²) in [5.41, 5.74) is 2.37. The molecule has 0 aliphatic carbocycles. The molecule has 0 aromatic heterocycles. The van der Waals surface area contributed by atoms with Gasteiger partial charge in [0.2, 0.25) is 0 Å². The van der Waals surface area contributed by atoms with Crippen LogP contribution in [0.25, 0.3) is 0 Å². The Kier molecular flexibility index (Phi) is 3.51. The van der Waals surface area contributed by atoms with E-state index in [2.05, 4.69) is 11.4 Å². The molecular weight excluding hydrogens is 222 g/mol. The molecule has 1 aromatic carbocycles. The first-order valence-electron chi connectivity index (χ1n) is 5.34. The molecule has 16 heavy (non-hydrogen) atoms. The van der Waals surface area contributed by atoms with E-state index in [0.29, 0.717) is 6.42 Å². The van der Waals surface area contributed by atoms with Crippen molar-refractivity contribution in [3.63, 3.8) is 0 Å². The molecule has 0 radical (unpaired) electrons. The highest BCUT2D eigenvalue weighted by atomic mass is 32.2. The monoisotopic (exact) mass is 237 g/mol. The van der Waals surface area contributed by atoms with Crippen molar-refractivity contribution in [2.24, 2.45) is 0 Å². The lowest BCUT2D eigenvalue weighted by Crippen LogP contribution is -2.41. The van der Waals surface area contributed by atoms with E-state index < -0.39 is 12.0 Å². The number of hydrogen-bond acceptors (Lipinski definition) is 3. The summed E-state index contributed by atoms with van der Waals surface area (Å²) >= 11 is 1.77. The predicted octanol–water partition coefficient (Wildman–Crippen LogP) is 2.17. The van der Waals surface area contributed by atoms with Crippen molar-refractivity contribution in [2.75, 3.05) is 5.75 Å². The molecule has 4 heteroatoms. The van der Waals surface area contributed by atoms with Gasteiger partial charge >= 0.3 is 5.97 Å². The fourth-order valence-corrected chi connectivity index (χ4v) is 3.05. The molecule has 1 aliphatic heterocycles. The molecule has 1 saturated heterocycles. The van der Waals surface area contributed by atoms with Crippen molar-refractivity contribution in [1.29, 1.82) is 0 Å². The summed E-state index contributed by atoms with van der Waals surface area (Å²) in [6, 6.07) is 7.80. The van der Waals surface area contributed by atoms with Crippen LogP contribution in [0.5, 0.6) is 0 Å². The molecule has 2 rings (SSSR count). The Morgan fingerprint density at radius 1 is 1.56 bits per heavy atom. The fraction of sp³-hybridized carbons (Fsp3) is 0.417. The van der Waals surface area contributed by atoms with E-state index in [0.717, 1.165) is 11.3 Å². The Morgan fingerprint density at radius 2 is 2.38 bits per heavy atom. The lowest BCUT2D eigenvalue weighted by Gasteiger charge is -2.28. The van der Waals surface area contributed by atoms with E-state index in [1.54, 1.807) is 11.8 Å². The molecule has 0 saturated carbocycles. The van der Waals surface area contributed by atoms with Crippen molar-refractivity contribution in [2.45, 2.75) is 24.8 Å². The van der Waals surface area contributed by atoms with E-state index in [4.69, 9.17) is 5.11 Å². The van der Waals surface area contributed by atoms with Gasteiger partial charge in [-0.2, -0.15) is 0 Å². The van der Waals surface area contributed by atoms with Crippen molar-refractivity contribution in [3.05, 3.63) is 35.4 Å². The van der Waals surface area contributed by atoms with Crippen molar-refractivity contribution in [1.82, 2.24) is 5.32 Å². The molecule has 0 bridgehead atoms. The van der Waals surface area contributed by atoms with Gasteiger partial charge in [0.25, 0.3) is 0 Å². The van der Waals surface area contributed by atoms with E-state index in [1.165, 1.54) is 5.56 Å². The number of aliphatic carboxylic acids is 1. The summed E-state index contributed by atoms with van der Waals surface area (Å²) in [6.07, 6.45) is 0.697. The highest BCUT2D eigenvalue weighted by Gasteiger charge is 2.27. The molecule has 3 nitrogen and oxygen atoms in total. The number of hydrogen-bond donors (Lipinski definition) is 2. The van der Waals surface area contributed by atoms with Crippen LogP contribution in [0.4, 0.5) is 0 Å². The molecule has 1 fully saturated rings. The van der Waals surface area contributed by atoms with Crippen LogP contribution >= 0.6 is 11.8 Å². The molecule has 1 heterocycles. The zero-order valence-electron chi connectivity index (χ0n) is 9.14. The Hall–Kier alpha value is -1.00. The van der Waals surface area contributed by atoms with Gasteiger partial charge in [0.15, 0.2) is 0 Å². The molecule has 0 amide bonds. The summed E-state index contributed by atoms with van der Waals surface area (Å²) in [5, 5.41) is 12.3. The highest BCUT2D eigenvalue weighted by Crippen LogP contribution is 2.31. The maximum Gasteiger partial charge on any atom is 0.320 e. The van der Waals surface area contributed by atoms with Crippen molar-refractivity contribution in [3.8, 4) is 0 Å². The van der Waals surface area contributed by atoms with Gasteiger partial charge in [-0.15, -0.1) is 11.8 Å². The average Bonchev–Trinajstić information content (AvgIpc) is 2.29. The number of carbonyl (C=O) groups is 1. The molecule has 2 atom stereocenters. The number of nitrogens with one attached hydrogen (secondary N) is 1. The normalized spacial score (nSPS) is 25.3. The van der Waals surface area contributed by atoms with Crippen LogP contribution in [0.2, 0.25) is 0 Å². The quantitative estimate of drug-likeness (QED) is 0.827. The first-order chi connectivity index (χ1) is 7.66. The number of carboxylic acids is 1. The highest BCUT2D eigenvalue weighted by molar-refractivity contribution is 7.99. The lowest BCUT2D eigenvalue weighted by molar-refractivity contribution is -0.139. The second-order valence-corrected chi connectivity index (χ2v) is 5.22. The van der Waals surface area contributed by atoms with E-state index in [-0.39, 0.29) is 5.37 Å². The molecule has 1 aliphatic rings. The molecular formula is C12H15NO2S. The summed E-state index contributed by atoms with van der Waals surface area (Å²) < 4.78 is 0. The zero-order chi connectivity index (χ0) is 11.5. The molecule has 2 unspecified atom stereocenters. The Balaban J connectivity index is 2.12. The Labute approximate surface area is 99.2 Å². The van der Waals surface area contributed by atoms with E-state index in [1.807, 2.05) is 25.1 Å². The fourth-order valence-electron chi connectivity index (χ4n) is 1.84. The van der Waals surface area contributed by atoms with Gasteiger partial charge in [0, 0.05) is 0 Å². The third-order valence-electron chi connectivity index (χ3n) is 2.69. The van der Waals surface area contributed by atoms with Crippen LogP contribution in [-0.2, 0) is 4.79 Å². The average molecular weight is 237 g/mol. The van der Waals surface area contributed by atoms with Crippen LogP contribution in [0.3, 0.4) is 0 Å². The molecule has 2 N–H and O–H groups in total. The smallest absolute Gasteiger partial charge is 0.320 e. The number of carboxylic acid groups (broad SMARTS) is 1. The van der Waals surface area contributed by atoms with Crippen LogP contribution < -0.4 is 5.32 Å². The maximum atomic E-state index is 10.9. The number of benzene rings is 1. The van der Waals surface area contributed by atoms with Gasteiger partial charge in [-0.3, -0.25) is 10.1 Å². The van der Waals surface area contributed by atoms with Crippen LogP contribution in [0, 0.1) is 6.92 Å². The summed E-state index contributed by atoms with van der Waals surface area (Å²) in [5.74, 6) is 0.140. The zero-order valence-corrected chi connectivity index (χ0v) is 9.96. The molecule has 86 valence electrons. The Morgan fingerprint density at radius 3 is 3.06 bits per heavy atom. The lowest BCUT2D eigenvalue weighted by atomic mass is 10.1. The van der Waals surface area contributed by atoms with E-state index >= 15 is 0 Å². The van der Waals surface area contributed by atoms with Gasteiger partial charge in [0.05, 0.1) is 5.37 Å². The van der Waals surface area contributed by atoms with Gasteiger partial charge in [-0.25, -0.2) is 0 Å². The minimum Gasteiger partial charge on any atom is -0.480 e. The Bertz CT molecular complexity index is 394. The summed E-state index contributed by atoms with van der Waals surface area (Å²) in [4.78, 5) is 10.9. The van der Waals surface area contributed by atoms with Crippen molar-refractivity contribution >= 4 is 17.7 Å². The van der Waals surface area contributed by atoms with Crippen LogP contribution in [0.1, 0.15) is 22.9 Å². The van der Waals surface area contributed by atoms with Crippen molar-refractivity contribution < 1.29 is 9.90 Å². The first-order valence-corrected chi connectivity index (χ1v) is 6.39. The third-order valence-corrected chi connectivity index (χ3v) is 3.90. The van der Waals surface area contributed by atoms with E-state index in [9.17, 15) is 4.79 Å². The van der Waals surface area contributed by atoms with Gasteiger partial charge in [-0.05, 0) is 24.7 Å². The topological polar surface area (TPSA) is 49.3 Å². The minimum atomic E-state index is -0.752. The minimum absolute atomic E-state index is 0.106. The van der Waals surface area contributed by atoms with Crippen LogP contribution in [0.15, 0.2) is 24.3 Å². The maximum absolute atomic E-state index is 10.9. The molecule has 1 aromatic rings. The predicted molar refractivity (Wildman–Crippen MR) is 65.6 cm³/mol. The molecule has 0 spiro atoms. The van der Waals surface area contributed by atoms with Gasteiger partial charge in [0.1, 0.15) is 6.04 Å². The second kappa shape index (κ2) is 4.89. The standard InChI is InChI=1S/C12H15NO2S/c1-8-3-2-4-9(7-8)11-13-10(12(14)15)5-6-16-11/h2-4,7,10-11,13H,5-6H2,1H3,(H,14,15).